The molecule has 44 heavy (non-hydrogen) atoms. The highest BCUT2D eigenvalue weighted by Gasteiger charge is 2.25. The molecule has 1 N–H and O–H groups in total. The lowest BCUT2D eigenvalue weighted by molar-refractivity contribution is 0.775. The van der Waals surface area contributed by atoms with Crippen molar-refractivity contribution in [1.29, 1.82) is 5.41 Å². The summed E-state index contributed by atoms with van der Waals surface area (Å²) in [7, 11) is 0. The molecule has 1 heterocycles. The van der Waals surface area contributed by atoms with Gasteiger partial charge in [0.05, 0.1) is 17.1 Å². The molecule has 6 aromatic rings. The first-order valence-electron chi connectivity index (χ1n) is 15.2. The smallest absolute Gasteiger partial charge is 0.0886 e. The predicted molar refractivity (Wildman–Crippen MR) is 188 cm³/mol. The van der Waals surface area contributed by atoms with Gasteiger partial charge in [0.2, 0.25) is 0 Å². The van der Waals surface area contributed by atoms with Gasteiger partial charge in [0, 0.05) is 5.56 Å². The first-order chi connectivity index (χ1) is 21.5. The monoisotopic (exact) mass is 566 g/mol. The van der Waals surface area contributed by atoms with Crippen LogP contribution in [0.2, 0.25) is 0 Å². The molecule has 5 aromatic carbocycles. The van der Waals surface area contributed by atoms with Gasteiger partial charge in [-0.3, -0.25) is 5.41 Å². The average molecular weight is 567 g/mol. The van der Waals surface area contributed by atoms with E-state index in [4.69, 9.17) is 10.4 Å². The molecule has 0 fully saturated rings. The van der Waals surface area contributed by atoms with Crippen molar-refractivity contribution in [2.75, 3.05) is 0 Å². The molecule has 1 aliphatic rings. The third kappa shape index (κ3) is 4.99. The van der Waals surface area contributed by atoms with Crippen LogP contribution in [0, 0.1) is 5.41 Å². The normalized spacial score (nSPS) is 14.3. The molecule has 1 unspecified atom stereocenters. The zero-order valence-corrected chi connectivity index (χ0v) is 25.1. The minimum Gasteiger partial charge on any atom is -0.299 e. The van der Waals surface area contributed by atoms with Gasteiger partial charge in [-0.1, -0.05) is 122 Å². The fraction of sp³-hybridized carbons (Fsp3) is 0.0952. The first-order valence-corrected chi connectivity index (χ1v) is 15.2. The van der Waals surface area contributed by atoms with Gasteiger partial charge in [0.1, 0.15) is 0 Å². The summed E-state index contributed by atoms with van der Waals surface area (Å²) >= 11 is 0. The fourth-order valence-corrected chi connectivity index (χ4v) is 6.52. The van der Waals surface area contributed by atoms with Crippen molar-refractivity contribution in [2.45, 2.75) is 26.2 Å². The predicted octanol–water partition coefficient (Wildman–Crippen LogP) is 11.4. The summed E-state index contributed by atoms with van der Waals surface area (Å²) < 4.78 is 0. The molecule has 212 valence electrons. The second kappa shape index (κ2) is 11.4. The molecule has 2 nitrogen and oxygen atoms in total. The number of aromatic nitrogens is 1. The van der Waals surface area contributed by atoms with Gasteiger partial charge in [0.25, 0.3) is 0 Å². The lowest BCUT2D eigenvalue weighted by Gasteiger charge is -2.27. The summed E-state index contributed by atoms with van der Waals surface area (Å²) in [4.78, 5) is 4.84. The van der Waals surface area contributed by atoms with E-state index < -0.39 is 0 Å². The van der Waals surface area contributed by atoms with Gasteiger partial charge in [-0.25, -0.2) is 4.98 Å². The molecule has 1 atom stereocenters. The van der Waals surface area contributed by atoms with Gasteiger partial charge in [-0.2, -0.15) is 0 Å². The fourth-order valence-electron chi connectivity index (χ4n) is 6.52. The van der Waals surface area contributed by atoms with E-state index in [1.54, 1.807) is 6.08 Å². The van der Waals surface area contributed by atoms with Crippen molar-refractivity contribution in [2.24, 2.45) is 0 Å². The Kier molecular flexibility index (Phi) is 7.12. The van der Waals surface area contributed by atoms with Gasteiger partial charge >= 0.3 is 0 Å². The Morgan fingerprint density at radius 2 is 1.45 bits per heavy atom. The van der Waals surface area contributed by atoms with Crippen LogP contribution in [0.25, 0.3) is 61.1 Å². The van der Waals surface area contributed by atoms with Crippen LogP contribution in [-0.4, -0.2) is 10.7 Å². The number of benzene rings is 5. The number of nitrogens with one attached hydrogen (secondary N) is 1. The maximum absolute atomic E-state index is 8.47. The van der Waals surface area contributed by atoms with Crippen LogP contribution in [0.1, 0.15) is 43.0 Å². The molecule has 0 radical (unpaired) electrons. The van der Waals surface area contributed by atoms with Gasteiger partial charge in [-0.05, 0) is 105 Å². The van der Waals surface area contributed by atoms with Crippen molar-refractivity contribution < 1.29 is 0 Å². The van der Waals surface area contributed by atoms with Crippen molar-refractivity contribution in [3.63, 3.8) is 0 Å². The highest BCUT2D eigenvalue weighted by molar-refractivity contribution is 6.11. The Labute approximate surface area is 259 Å². The molecule has 0 amide bonds. The molecular formula is C42H34N2. The second-order valence-corrected chi connectivity index (χ2v) is 11.8. The van der Waals surface area contributed by atoms with Crippen LogP contribution >= 0.6 is 0 Å². The minimum atomic E-state index is 0.372. The number of pyridine rings is 1. The lowest BCUT2D eigenvalue weighted by Crippen LogP contribution is -2.06. The van der Waals surface area contributed by atoms with E-state index >= 15 is 0 Å². The molecule has 0 saturated heterocycles. The highest BCUT2D eigenvalue weighted by Crippen LogP contribution is 2.48. The molecule has 0 spiro atoms. The van der Waals surface area contributed by atoms with Crippen LogP contribution in [0.5, 0.6) is 0 Å². The summed E-state index contributed by atoms with van der Waals surface area (Å²) in [5.41, 5.74) is 11.7. The maximum Gasteiger partial charge on any atom is 0.0886 e. The van der Waals surface area contributed by atoms with Crippen molar-refractivity contribution in [3.05, 3.63) is 156 Å². The third-order valence-corrected chi connectivity index (χ3v) is 8.61. The van der Waals surface area contributed by atoms with Crippen LogP contribution in [0.3, 0.4) is 0 Å². The summed E-state index contributed by atoms with van der Waals surface area (Å²) in [5, 5.41) is 13.4. The number of fused-ring (bicyclic) bond motifs is 3. The van der Waals surface area contributed by atoms with Gasteiger partial charge in [-0.15, -0.1) is 0 Å². The largest absolute Gasteiger partial charge is 0.299 e. The number of allylic oxidation sites excluding steroid dienone is 4. The van der Waals surface area contributed by atoms with Crippen LogP contribution in [0.4, 0.5) is 0 Å². The molecule has 1 aromatic heterocycles. The minimum absolute atomic E-state index is 0.372. The van der Waals surface area contributed by atoms with E-state index in [0.29, 0.717) is 17.3 Å². The van der Waals surface area contributed by atoms with Crippen molar-refractivity contribution >= 4 is 33.3 Å². The Morgan fingerprint density at radius 3 is 2.23 bits per heavy atom. The summed E-state index contributed by atoms with van der Waals surface area (Å²) in [6.07, 6.45) is 9.31. The van der Waals surface area contributed by atoms with E-state index in [-0.39, 0.29) is 0 Å². The van der Waals surface area contributed by atoms with Gasteiger partial charge in [0.15, 0.2) is 0 Å². The van der Waals surface area contributed by atoms with Crippen molar-refractivity contribution in [3.8, 4) is 33.5 Å². The van der Waals surface area contributed by atoms with Gasteiger partial charge < -0.3 is 0 Å². The third-order valence-electron chi connectivity index (χ3n) is 8.61. The zero-order valence-electron chi connectivity index (χ0n) is 25.1. The Morgan fingerprint density at radius 1 is 0.750 bits per heavy atom. The quantitative estimate of drug-likeness (QED) is 0.158. The average Bonchev–Trinajstić information content (AvgIpc) is 3.06. The van der Waals surface area contributed by atoms with Crippen LogP contribution < -0.4 is 0 Å². The van der Waals surface area contributed by atoms with E-state index in [1.165, 1.54) is 54.9 Å². The SMILES string of the molecule is C=C(C)/C=C\C(=N)c1cccc(-c2ccc3ccc(-c4c5c(c(-c6ccccc6)c6ccccc46)C=CCC5C)cc3c2)n1. The first kappa shape index (κ1) is 27.5. The summed E-state index contributed by atoms with van der Waals surface area (Å²) in [6.45, 7) is 8.18. The Bertz CT molecular complexity index is 2150. The summed E-state index contributed by atoms with van der Waals surface area (Å²) in [6, 6.07) is 39.0. The molecule has 0 bridgehead atoms. The second-order valence-electron chi connectivity index (χ2n) is 11.8. The number of rotatable bonds is 6. The molecule has 2 heteroatoms. The number of nitrogens with zero attached hydrogens (tertiary/aromatic N) is 1. The van der Waals surface area contributed by atoms with Crippen LogP contribution in [0.15, 0.2) is 140 Å². The van der Waals surface area contributed by atoms with E-state index in [2.05, 4.69) is 117 Å². The molecular weight excluding hydrogens is 532 g/mol. The van der Waals surface area contributed by atoms with Crippen LogP contribution in [-0.2, 0) is 0 Å². The molecule has 1 aliphatic carbocycles. The number of hydrogen-bond donors (Lipinski definition) is 1. The molecule has 0 saturated carbocycles. The Hall–Kier alpha value is -5.34. The number of hydrogen-bond acceptors (Lipinski definition) is 2. The van der Waals surface area contributed by atoms with Crippen molar-refractivity contribution in [1.82, 2.24) is 4.98 Å². The highest BCUT2D eigenvalue weighted by atomic mass is 14.7. The van der Waals surface area contributed by atoms with E-state index in [0.717, 1.165) is 23.3 Å². The summed E-state index contributed by atoms with van der Waals surface area (Å²) in [5.74, 6) is 0.403. The van der Waals surface area contributed by atoms with E-state index in [1.807, 2.05) is 31.2 Å². The molecule has 0 aliphatic heterocycles. The lowest BCUT2D eigenvalue weighted by atomic mass is 9.76. The zero-order chi connectivity index (χ0) is 30.2. The van der Waals surface area contributed by atoms with E-state index in [9.17, 15) is 0 Å². The standard InChI is InChI=1S/C42H34N2/c1-27(2)19-24-37(43)39-18-10-17-38(44-39)31-22-20-29-21-23-32(26-33(29)25-31)42-35-15-8-7-14-34(35)41(30-12-5-4-6-13-30)36-16-9-11-28(3)40(36)42/h4-10,12-26,28,43H,1,11H2,2-3H3/b24-19-,43-37?. The topological polar surface area (TPSA) is 36.7 Å². The molecule has 7 rings (SSSR count). The Balaban J connectivity index is 1.40. The maximum atomic E-state index is 8.47.